The first-order chi connectivity index (χ1) is 15.7. The van der Waals surface area contributed by atoms with E-state index in [2.05, 4.69) is 27.8 Å². The van der Waals surface area contributed by atoms with Crippen LogP contribution in [0.2, 0.25) is 0 Å². The molecule has 0 atom stereocenters. The Morgan fingerprint density at radius 2 is 1.59 bits per heavy atom. The van der Waals surface area contributed by atoms with Crippen LogP contribution in [0.5, 0.6) is 0 Å². The third-order valence-electron chi connectivity index (χ3n) is 5.18. The van der Waals surface area contributed by atoms with Gasteiger partial charge in [-0.3, -0.25) is 4.79 Å². The molecule has 0 saturated carbocycles. The van der Waals surface area contributed by atoms with Crippen molar-refractivity contribution >= 4 is 35.3 Å². The molecule has 0 fully saturated rings. The van der Waals surface area contributed by atoms with Crippen LogP contribution in [0.15, 0.2) is 100.0 Å². The molecule has 0 bridgehead atoms. The van der Waals surface area contributed by atoms with Crippen LogP contribution in [0.25, 0.3) is 5.69 Å². The molecular formula is C25H21N5OS. The van der Waals surface area contributed by atoms with Crippen molar-refractivity contribution in [2.75, 3.05) is 11.4 Å². The Hall–Kier alpha value is -3.84. The van der Waals surface area contributed by atoms with E-state index in [4.69, 9.17) is 0 Å². The summed E-state index contributed by atoms with van der Waals surface area (Å²) in [6, 6.07) is 26.1. The number of nitrogens with zero attached hydrogens (tertiary/aromatic N) is 4. The molecule has 32 heavy (non-hydrogen) atoms. The number of hydrogen-bond donors (Lipinski definition) is 1. The van der Waals surface area contributed by atoms with Gasteiger partial charge in [0.25, 0.3) is 5.91 Å². The molecule has 6 nitrogen and oxygen atoms in total. The van der Waals surface area contributed by atoms with Crippen molar-refractivity contribution in [3.8, 4) is 5.69 Å². The number of carbonyl (C=O) groups excluding carboxylic acids is 1. The minimum Gasteiger partial charge on any atom is -0.330 e. The van der Waals surface area contributed by atoms with Crippen molar-refractivity contribution < 1.29 is 4.79 Å². The summed E-state index contributed by atoms with van der Waals surface area (Å²) in [5.74, 6) is -0.189. The Labute approximate surface area is 190 Å². The number of aromatic nitrogens is 2. The minimum absolute atomic E-state index is 0.175. The molecular weight excluding hydrogens is 418 g/mol. The molecule has 5 rings (SSSR count). The summed E-state index contributed by atoms with van der Waals surface area (Å²) in [4.78, 5) is 17.0. The van der Waals surface area contributed by atoms with Gasteiger partial charge in [-0.1, -0.05) is 54.2 Å². The standard InChI is InChI=1S/C25H21N5OS/c1-18-19(16-30(28-18)20-9-3-2-4-10-20)15-26-27-25(31)17-29-21-11-5-7-13-23(21)32-24-14-8-6-12-22(24)29/h2-16H,17H2,1H3,(H,27,31)/b26-15+. The molecule has 0 spiro atoms. The summed E-state index contributed by atoms with van der Waals surface area (Å²) in [7, 11) is 0. The zero-order valence-corrected chi connectivity index (χ0v) is 18.3. The second-order valence-corrected chi connectivity index (χ2v) is 8.45. The van der Waals surface area contributed by atoms with Crippen LogP contribution >= 0.6 is 11.8 Å². The van der Waals surface area contributed by atoms with Gasteiger partial charge < -0.3 is 4.90 Å². The number of amides is 1. The summed E-state index contributed by atoms with van der Waals surface area (Å²) in [6.07, 6.45) is 3.53. The van der Waals surface area contributed by atoms with Gasteiger partial charge in [-0.25, -0.2) is 10.1 Å². The normalized spacial score (nSPS) is 12.5. The topological polar surface area (TPSA) is 62.5 Å². The van der Waals surface area contributed by atoms with E-state index in [1.165, 1.54) is 0 Å². The molecule has 0 saturated heterocycles. The number of rotatable bonds is 5. The summed E-state index contributed by atoms with van der Waals surface area (Å²) < 4.78 is 1.80. The molecule has 1 aliphatic heterocycles. The third-order valence-corrected chi connectivity index (χ3v) is 6.31. The Morgan fingerprint density at radius 1 is 0.969 bits per heavy atom. The van der Waals surface area contributed by atoms with Gasteiger partial charge in [0, 0.05) is 21.6 Å². The average Bonchev–Trinajstić information content (AvgIpc) is 3.20. The van der Waals surface area contributed by atoms with E-state index >= 15 is 0 Å². The van der Waals surface area contributed by atoms with E-state index in [9.17, 15) is 4.79 Å². The molecule has 7 heteroatoms. The van der Waals surface area contributed by atoms with Gasteiger partial charge in [0.15, 0.2) is 0 Å². The van der Waals surface area contributed by atoms with Crippen LogP contribution in [0.4, 0.5) is 11.4 Å². The van der Waals surface area contributed by atoms with Crippen LogP contribution in [0.1, 0.15) is 11.3 Å². The maximum absolute atomic E-state index is 12.7. The maximum atomic E-state index is 12.7. The van der Waals surface area contributed by atoms with Crippen LogP contribution in [-0.4, -0.2) is 28.4 Å². The summed E-state index contributed by atoms with van der Waals surface area (Å²) >= 11 is 1.72. The van der Waals surface area contributed by atoms with Crippen LogP contribution in [-0.2, 0) is 4.79 Å². The van der Waals surface area contributed by atoms with Gasteiger partial charge in [-0.05, 0) is 43.3 Å². The molecule has 1 aliphatic rings. The van der Waals surface area contributed by atoms with Gasteiger partial charge in [-0.2, -0.15) is 10.2 Å². The number of aryl methyl sites for hydroxylation is 1. The molecule has 3 aromatic carbocycles. The fourth-order valence-electron chi connectivity index (χ4n) is 3.62. The molecule has 2 heterocycles. The number of anilines is 2. The Kier molecular flexibility index (Phi) is 5.47. The Balaban J connectivity index is 1.30. The van der Waals surface area contributed by atoms with Crippen LogP contribution in [0, 0.1) is 6.92 Å². The monoisotopic (exact) mass is 439 g/mol. The van der Waals surface area contributed by atoms with Gasteiger partial charge in [-0.15, -0.1) is 0 Å². The molecule has 1 N–H and O–H groups in total. The number of hydrazone groups is 1. The van der Waals surface area contributed by atoms with Crippen molar-refractivity contribution in [2.45, 2.75) is 16.7 Å². The lowest BCUT2D eigenvalue weighted by molar-refractivity contribution is -0.119. The third kappa shape index (κ3) is 4.02. The lowest BCUT2D eigenvalue weighted by Crippen LogP contribution is -2.33. The molecule has 0 aliphatic carbocycles. The molecule has 0 radical (unpaired) electrons. The highest BCUT2D eigenvalue weighted by atomic mass is 32.2. The predicted octanol–water partition coefficient (Wildman–Crippen LogP) is 4.93. The molecule has 0 unspecified atom stereocenters. The first-order valence-corrected chi connectivity index (χ1v) is 11.1. The molecule has 1 aromatic heterocycles. The maximum Gasteiger partial charge on any atom is 0.260 e. The highest BCUT2D eigenvalue weighted by molar-refractivity contribution is 7.99. The second kappa shape index (κ2) is 8.72. The number of carbonyl (C=O) groups is 1. The number of para-hydroxylation sites is 3. The van der Waals surface area contributed by atoms with Gasteiger partial charge in [0.05, 0.1) is 29.0 Å². The first-order valence-electron chi connectivity index (χ1n) is 10.3. The summed E-state index contributed by atoms with van der Waals surface area (Å²) in [5.41, 5.74) is 7.36. The van der Waals surface area contributed by atoms with Crippen molar-refractivity contribution in [2.24, 2.45) is 5.10 Å². The minimum atomic E-state index is -0.189. The number of hydrogen-bond acceptors (Lipinski definition) is 5. The lowest BCUT2D eigenvalue weighted by Gasteiger charge is -2.31. The quantitative estimate of drug-likeness (QED) is 0.354. The summed E-state index contributed by atoms with van der Waals surface area (Å²) in [6.45, 7) is 2.09. The van der Waals surface area contributed by atoms with Crippen molar-refractivity contribution in [3.05, 3.63) is 96.3 Å². The second-order valence-electron chi connectivity index (χ2n) is 7.37. The molecule has 158 valence electrons. The van der Waals surface area contributed by atoms with E-state index in [1.807, 2.05) is 84.8 Å². The fraction of sp³-hybridized carbons (Fsp3) is 0.0800. The highest BCUT2D eigenvalue weighted by Gasteiger charge is 2.24. The van der Waals surface area contributed by atoms with Gasteiger partial charge in [0.2, 0.25) is 0 Å². The zero-order valence-electron chi connectivity index (χ0n) is 17.5. The Bertz CT molecular complexity index is 1250. The van der Waals surface area contributed by atoms with Crippen LogP contribution < -0.4 is 10.3 Å². The average molecular weight is 440 g/mol. The van der Waals surface area contributed by atoms with Gasteiger partial charge in [0.1, 0.15) is 6.54 Å². The van der Waals surface area contributed by atoms with Gasteiger partial charge >= 0.3 is 0 Å². The van der Waals surface area contributed by atoms with E-state index in [-0.39, 0.29) is 12.5 Å². The molecule has 4 aromatic rings. The molecule has 1 amide bonds. The number of benzene rings is 3. The lowest BCUT2D eigenvalue weighted by atomic mass is 10.2. The zero-order chi connectivity index (χ0) is 21.9. The smallest absolute Gasteiger partial charge is 0.260 e. The number of fused-ring (bicyclic) bond motifs is 2. The van der Waals surface area contributed by atoms with Crippen molar-refractivity contribution in [1.82, 2.24) is 15.2 Å². The van der Waals surface area contributed by atoms with Crippen LogP contribution in [0.3, 0.4) is 0 Å². The highest BCUT2D eigenvalue weighted by Crippen LogP contribution is 2.47. The van der Waals surface area contributed by atoms with E-state index in [0.717, 1.165) is 38.1 Å². The Morgan fingerprint density at radius 3 is 2.28 bits per heavy atom. The number of nitrogens with one attached hydrogen (secondary N) is 1. The van der Waals surface area contributed by atoms with Crippen molar-refractivity contribution in [1.29, 1.82) is 0 Å². The van der Waals surface area contributed by atoms with E-state index in [0.29, 0.717) is 0 Å². The first kappa shape index (κ1) is 20.1. The SMILES string of the molecule is Cc1nn(-c2ccccc2)cc1/C=N/NC(=O)CN1c2ccccc2Sc2ccccc21. The van der Waals surface area contributed by atoms with E-state index < -0.39 is 0 Å². The largest absolute Gasteiger partial charge is 0.330 e. The predicted molar refractivity (Wildman–Crippen MR) is 128 cm³/mol. The van der Waals surface area contributed by atoms with Crippen molar-refractivity contribution in [3.63, 3.8) is 0 Å². The summed E-state index contributed by atoms with van der Waals surface area (Å²) in [5, 5.41) is 8.70. The van der Waals surface area contributed by atoms with E-state index in [1.54, 1.807) is 22.7 Å². The fourth-order valence-corrected chi connectivity index (χ4v) is 4.71.